The van der Waals surface area contributed by atoms with Crippen LogP contribution in [-0.4, -0.2) is 11.0 Å². The lowest BCUT2D eigenvalue weighted by Crippen LogP contribution is -2.51. The smallest absolute Gasteiger partial charge is 0.322 e. The second-order valence-electron chi connectivity index (χ2n) is 8.41. The van der Waals surface area contributed by atoms with Gasteiger partial charge < -0.3 is 10.6 Å². The molecule has 0 aliphatic carbocycles. The number of anilines is 1. The first-order chi connectivity index (χ1) is 17.2. The minimum absolute atomic E-state index is 0.146. The van der Waals surface area contributed by atoms with Crippen molar-refractivity contribution in [3.63, 3.8) is 0 Å². The number of carbonyl (C=O) groups is 1. The average molecular weight is 510 g/mol. The van der Waals surface area contributed by atoms with E-state index >= 15 is 0 Å². The van der Waals surface area contributed by atoms with E-state index in [0.717, 1.165) is 17.7 Å². The zero-order valence-corrected chi connectivity index (χ0v) is 20.1. The van der Waals surface area contributed by atoms with Crippen molar-refractivity contribution < 1.29 is 18.0 Å². The highest BCUT2D eigenvalue weighted by Crippen LogP contribution is 2.38. The van der Waals surface area contributed by atoms with Crippen LogP contribution < -0.4 is 10.6 Å². The summed E-state index contributed by atoms with van der Waals surface area (Å²) >= 11 is 6.16. The Hall–Kier alpha value is -3.84. The first-order valence-corrected chi connectivity index (χ1v) is 11.5. The quantitative estimate of drug-likeness (QED) is 0.285. The maximum absolute atomic E-state index is 13.7. The highest BCUT2D eigenvalue weighted by molar-refractivity contribution is 6.30. The molecular formula is C28H23ClF3N3O. The molecule has 0 fully saturated rings. The number of halogens is 4. The highest BCUT2D eigenvalue weighted by atomic mass is 35.5. The standard InChI is InChI=1S/C28H23ClF3N3O/c1-19-15-23(29)18-33-25(19)27(17-20-9-4-2-5-10-20,21-11-8-12-22(16-21)28(30,31)32)35-26(36)34-24-13-6-3-7-14-24/h2-16,18H,17H2,1H3,(H2,34,35,36). The fraction of sp³-hybridized carbons (Fsp3) is 0.143. The summed E-state index contributed by atoms with van der Waals surface area (Å²) in [4.78, 5) is 17.8. The molecule has 1 aromatic heterocycles. The van der Waals surface area contributed by atoms with Crippen molar-refractivity contribution in [3.8, 4) is 0 Å². The molecule has 3 aromatic carbocycles. The Morgan fingerprint density at radius 3 is 2.17 bits per heavy atom. The molecule has 1 unspecified atom stereocenters. The monoisotopic (exact) mass is 509 g/mol. The molecule has 0 aliphatic heterocycles. The fourth-order valence-electron chi connectivity index (χ4n) is 4.23. The molecule has 184 valence electrons. The molecule has 2 N–H and O–H groups in total. The number of aromatic nitrogens is 1. The van der Waals surface area contributed by atoms with Crippen LogP contribution in [0.25, 0.3) is 0 Å². The van der Waals surface area contributed by atoms with E-state index < -0.39 is 23.3 Å². The lowest BCUT2D eigenvalue weighted by molar-refractivity contribution is -0.137. The van der Waals surface area contributed by atoms with Crippen LogP contribution in [0.5, 0.6) is 0 Å². The number of para-hydroxylation sites is 1. The summed E-state index contributed by atoms with van der Waals surface area (Å²) in [6.45, 7) is 1.76. The van der Waals surface area contributed by atoms with Crippen LogP contribution in [0.3, 0.4) is 0 Å². The third-order valence-electron chi connectivity index (χ3n) is 5.80. The molecule has 4 rings (SSSR count). The number of nitrogens with one attached hydrogen (secondary N) is 2. The van der Waals surface area contributed by atoms with Crippen LogP contribution in [0.4, 0.5) is 23.7 Å². The summed E-state index contributed by atoms with van der Waals surface area (Å²) in [5.41, 5.74) is 0.307. The Morgan fingerprint density at radius 2 is 1.53 bits per heavy atom. The van der Waals surface area contributed by atoms with Crippen LogP contribution in [0.1, 0.15) is 27.9 Å². The van der Waals surface area contributed by atoms with Crippen molar-refractivity contribution in [2.24, 2.45) is 0 Å². The minimum Gasteiger partial charge on any atom is -0.322 e. The van der Waals surface area contributed by atoms with Gasteiger partial charge in [0.25, 0.3) is 0 Å². The van der Waals surface area contributed by atoms with Gasteiger partial charge >= 0.3 is 12.2 Å². The minimum atomic E-state index is -4.57. The van der Waals surface area contributed by atoms with Crippen LogP contribution in [0.15, 0.2) is 97.2 Å². The molecule has 4 nitrogen and oxygen atoms in total. The summed E-state index contributed by atoms with van der Waals surface area (Å²) in [6, 6.07) is 24.0. The number of benzene rings is 3. The summed E-state index contributed by atoms with van der Waals surface area (Å²) in [5, 5.41) is 6.13. The van der Waals surface area contributed by atoms with Crippen molar-refractivity contribution in [2.75, 3.05) is 5.32 Å². The summed E-state index contributed by atoms with van der Waals surface area (Å²) in [5.74, 6) is 0. The Labute approximate surface area is 212 Å². The molecule has 0 saturated carbocycles. The van der Waals surface area contributed by atoms with Gasteiger partial charge in [-0.2, -0.15) is 13.2 Å². The predicted molar refractivity (Wildman–Crippen MR) is 135 cm³/mol. The number of hydrogen-bond acceptors (Lipinski definition) is 2. The molecule has 36 heavy (non-hydrogen) atoms. The predicted octanol–water partition coefficient (Wildman–Crippen LogP) is 7.37. The molecule has 4 aromatic rings. The molecule has 0 spiro atoms. The van der Waals surface area contributed by atoms with Crippen molar-refractivity contribution in [1.82, 2.24) is 10.3 Å². The second-order valence-corrected chi connectivity index (χ2v) is 8.85. The molecule has 0 aliphatic rings. The molecule has 2 amide bonds. The van der Waals surface area contributed by atoms with Crippen LogP contribution in [-0.2, 0) is 18.1 Å². The van der Waals surface area contributed by atoms with Gasteiger partial charge in [0.2, 0.25) is 0 Å². The van der Waals surface area contributed by atoms with Gasteiger partial charge in [-0.3, -0.25) is 4.98 Å². The van der Waals surface area contributed by atoms with Gasteiger partial charge in [0, 0.05) is 18.3 Å². The summed E-state index contributed by atoms with van der Waals surface area (Å²) in [6.07, 6.45) is -3.00. The van der Waals surface area contributed by atoms with Gasteiger partial charge in [-0.1, -0.05) is 72.3 Å². The van der Waals surface area contributed by atoms with E-state index in [4.69, 9.17) is 11.6 Å². The van der Waals surface area contributed by atoms with Crippen molar-refractivity contribution in [1.29, 1.82) is 0 Å². The van der Waals surface area contributed by atoms with Crippen LogP contribution in [0.2, 0.25) is 5.02 Å². The lowest BCUT2D eigenvalue weighted by Gasteiger charge is -2.36. The summed E-state index contributed by atoms with van der Waals surface area (Å²) in [7, 11) is 0. The number of pyridine rings is 1. The summed E-state index contributed by atoms with van der Waals surface area (Å²) < 4.78 is 41.2. The molecule has 1 heterocycles. The Morgan fingerprint density at radius 1 is 0.889 bits per heavy atom. The molecular weight excluding hydrogens is 487 g/mol. The van der Waals surface area contributed by atoms with Gasteiger partial charge in [-0.05, 0) is 53.9 Å². The average Bonchev–Trinajstić information content (AvgIpc) is 2.84. The Balaban J connectivity index is 1.92. The molecule has 0 radical (unpaired) electrons. The van der Waals surface area contributed by atoms with E-state index in [1.54, 1.807) is 43.3 Å². The molecule has 1 atom stereocenters. The fourth-order valence-corrected chi connectivity index (χ4v) is 4.44. The van der Waals surface area contributed by atoms with E-state index in [1.165, 1.54) is 12.3 Å². The van der Waals surface area contributed by atoms with E-state index in [2.05, 4.69) is 15.6 Å². The maximum atomic E-state index is 13.7. The molecule has 8 heteroatoms. The SMILES string of the molecule is Cc1cc(Cl)cnc1C(Cc1ccccc1)(NC(=O)Nc1ccccc1)c1cccc(C(F)(F)F)c1. The number of aryl methyl sites for hydroxylation is 1. The van der Waals surface area contributed by atoms with E-state index in [-0.39, 0.29) is 12.0 Å². The highest BCUT2D eigenvalue weighted by Gasteiger charge is 2.41. The number of urea groups is 1. The largest absolute Gasteiger partial charge is 0.416 e. The van der Waals surface area contributed by atoms with E-state index in [0.29, 0.717) is 22.0 Å². The second kappa shape index (κ2) is 10.4. The Kier molecular flexibility index (Phi) is 7.31. The van der Waals surface area contributed by atoms with E-state index in [9.17, 15) is 18.0 Å². The van der Waals surface area contributed by atoms with Crippen molar-refractivity contribution >= 4 is 23.3 Å². The molecule has 0 saturated heterocycles. The normalized spacial score (nSPS) is 13.0. The zero-order valence-electron chi connectivity index (χ0n) is 19.3. The number of nitrogens with zero attached hydrogens (tertiary/aromatic N) is 1. The number of amides is 2. The van der Waals surface area contributed by atoms with Gasteiger partial charge in [0.1, 0.15) is 5.54 Å². The zero-order chi connectivity index (χ0) is 25.8. The van der Waals surface area contributed by atoms with E-state index in [1.807, 2.05) is 36.4 Å². The topological polar surface area (TPSA) is 54.0 Å². The van der Waals surface area contributed by atoms with Crippen molar-refractivity contribution in [3.05, 3.63) is 130 Å². The first-order valence-electron chi connectivity index (χ1n) is 11.2. The van der Waals surface area contributed by atoms with Gasteiger partial charge in [0.05, 0.1) is 16.3 Å². The number of hydrogen-bond donors (Lipinski definition) is 2. The third-order valence-corrected chi connectivity index (χ3v) is 6.01. The Bertz CT molecular complexity index is 1350. The number of alkyl halides is 3. The van der Waals surface area contributed by atoms with Crippen molar-refractivity contribution in [2.45, 2.75) is 25.1 Å². The third kappa shape index (κ3) is 5.69. The number of carbonyl (C=O) groups excluding carboxylic acids is 1. The van der Waals surface area contributed by atoms with Gasteiger partial charge in [-0.25, -0.2) is 4.79 Å². The lowest BCUT2D eigenvalue weighted by atomic mass is 9.78. The van der Waals surface area contributed by atoms with Gasteiger partial charge in [-0.15, -0.1) is 0 Å². The maximum Gasteiger partial charge on any atom is 0.416 e. The van der Waals surface area contributed by atoms with Crippen LogP contribution >= 0.6 is 11.6 Å². The van der Waals surface area contributed by atoms with Gasteiger partial charge in [0.15, 0.2) is 0 Å². The first kappa shape index (κ1) is 25.3. The van der Waals surface area contributed by atoms with Crippen LogP contribution in [0, 0.1) is 6.92 Å². The number of rotatable bonds is 6. The molecule has 0 bridgehead atoms.